The molecule has 1 amide bonds. The summed E-state index contributed by atoms with van der Waals surface area (Å²) in [7, 11) is 0.0895. The number of rotatable bonds is 5. The van der Waals surface area contributed by atoms with Gasteiger partial charge in [-0.05, 0) is 29.8 Å². The van der Waals surface area contributed by atoms with Gasteiger partial charge in [0.15, 0.2) is 0 Å². The van der Waals surface area contributed by atoms with Crippen molar-refractivity contribution in [3.63, 3.8) is 0 Å². The van der Waals surface area contributed by atoms with E-state index in [0.29, 0.717) is 0 Å². The van der Waals surface area contributed by atoms with Crippen molar-refractivity contribution in [2.75, 3.05) is 24.7 Å². The maximum absolute atomic E-state index is 12.5. The summed E-state index contributed by atoms with van der Waals surface area (Å²) in [4.78, 5) is 16.7. The summed E-state index contributed by atoms with van der Waals surface area (Å²) in [5.74, 6) is -0.0246. The molecule has 3 rings (SSSR count). The molecular weight excluding hydrogens is 358 g/mol. The van der Waals surface area contributed by atoms with Crippen molar-refractivity contribution in [1.82, 2.24) is 9.84 Å². The van der Waals surface area contributed by atoms with E-state index in [9.17, 15) is 13.2 Å². The number of carbonyl (C=O) groups is 1. The van der Waals surface area contributed by atoms with Crippen LogP contribution in [0.4, 0.5) is 5.69 Å². The number of sulfonamides is 1. The lowest BCUT2D eigenvalue weighted by molar-refractivity contribution is -0.129. The molecule has 1 heterocycles. The molecule has 0 aliphatic carbocycles. The molecule has 1 saturated heterocycles. The molecule has 0 spiro atoms. The summed E-state index contributed by atoms with van der Waals surface area (Å²) in [5.41, 5.74) is 1.91. The number of thioether (sulfide) groups is 1. The maximum Gasteiger partial charge on any atom is 0.257 e. The highest BCUT2D eigenvalue weighted by molar-refractivity contribution is 8.00. The quantitative estimate of drug-likeness (QED) is 0.865. The van der Waals surface area contributed by atoms with Crippen LogP contribution in [0.25, 0.3) is 0 Å². The predicted octanol–water partition coefficient (Wildman–Crippen LogP) is 2.22. The van der Waals surface area contributed by atoms with E-state index in [1.807, 2.05) is 43.3 Å². The second kappa shape index (κ2) is 7.07. The molecule has 2 aromatic carbocycles. The van der Waals surface area contributed by atoms with Gasteiger partial charge in [0, 0.05) is 19.8 Å². The van der Waals surface area contributed by atoms with Gasteiger partial charge in [-0.25, -0.2) is 13.4 Å². The molecule has 0 radical (unpaired) electrons. The topological polar surface area (TPSA) is 69.7 Å². The number of hydrazine groups is 1. The van der Waals surface area contributed by atoms with Gasteiger partial charge in [0.25, 0.3) is 10.0 Å². The minimum Gasteiger partial charge on any atom is -0.378 e. The van der Waals surface area contributed by atoms with Gasteiger partial charge in [0.2, 0.25) is 5.91 Å². The van der Waals surface area contributed by atoms with E-state index in [0.717, 1.165) is 11.3 Å². The van der Waals surface area contributed by atoms with E-state index >= 15 is 0 Å². The van der Waals surface area contributed by atoms with Gasteiger partial charge in [-0.15, -0.1) is 16.6 Å². The minimum atomic E-state index is -3.81. The molecule has 0 aromatic heterocycles. The fourth-order valence-electron chi connectivity index (χ4n) is 2.49. The monoisotopic (exact) mass is 377 g/mol. The lowest BCUT2D eigenvalue weighted by atomic mass is 10.2. The number of hydrogen-bond donors (Lipinski definition) is 1. The van der Waals surface area contributed by atoms with Gasteiger partial charge < -0.3 is 4.90 Å². The molecule has 0 bridgehead atoms. The summed E-state index contributed by atoms with van der Waals surface area (Å²) in [6.07, 6.45) is 0. The Morgan fingerprint density at radius 1 is 1.08 bits per heavy atom. The molecular formula is C17H19N3O3S2. The first-order valence-corrected chi connectivity index (χ1v) is 10.2. The Labute approximate surface area is 151 Å². The van der Waals surface area contributed by atoms with Crippen molar-refractivity contribution >= 4 is 33.4 Å². The van der Waals surface area contributed by atoms with Crippen molar-refractivity contribution in [3.05, 3.63) is 60.2 Å². The van der Waals surface area contributed by atoms with Gasteiger partial charge in [-0.2, -0.15) is 0 Å². The summed E-state index contributed by atoms with van der Waals surface area (Å²) < 4.78 is 25.1. The van der Waals surface area contributed by atoms with Crippen LogP contribution in [0.1, 0.15) is 10.9 Å². The first-order chi connectivity index (χ1) is 11.9. The number of nitrogens with zero attached hydrogens (tertiary/aromatic N) is 2. The van der Waals surface area contributed by atoms with Gasteiger partial charge in [-0.1, -0.05) is 30.3 Å². The molecule has 1 atom stereocenters. The molecule has 2 aromatic rings. The fraction of sp³-hybridized carbons (Fsp3) is 0.235. The van der Waals surface area contributed by atoms with Crippen LogP contribution < -0.4 is 9.73 Å². The van der Waals surface area contributed by atoms with Crippen molar-refractivity contribution in [2.45, 2.75) is 10.3 Å². The number of anilines is 1. The number of nitrogens with one attached hydrogen (secondary N) is 1. The largest absolute Gasteiger partial charge is 0.378 e. The Kier molecular flexibility index (Phi) is 5.03. The van der Waals surface area contributed by atoms with Crippen molar-refractivity contribution in [3.8, 4) is 0 Å². The van der Waals surface area contributed by atoms with E-state index in [2.05, 4.69) is 4.83 Å². The Morgan fingerprint density at radius 2 is 1.72 bits per heavy atom. The second-order valence-electron chi connectivity index (χ2n) is 5.82. The molecule has 0 saturated carbocycles. The number of benzene rings is 2. The predicted molar refractivity (Wildman–Crippen MR) is 99.6 cm³/mol. The van der Waals surface area contributed by atoms with Crippen LogP contribution in [0.2, 0.25) is 0 Å². The van der Waals surface area contributed by atoms with E-state index in [-0.39, 0.29) is 21.9 Å². The van der Waals surface area contributed by atoms with E-state index in [1.54, 1.807) is 18.2 Å². The van der Waals surface area contributed by atoms with Crippen molar-refractivity contribution < 1.29 is 13.2 Å². The van der Waals surface area contributed by atoms with Crippen LogP contribution in [0.15, 0.2) is 59.5 Å². The number of carbonyl (C=O) groups excluding carboxylic acids is 1. The molecule has 6 nitrogen and oxygen atoms in total. The van der Waals surface area contributed by atoms with E-state index < -0.39 is 10.0 Å². The maximum atomic E-state index is 12.5. The Bertz CT molecular complexity index is 852. The lowest BCUT2D eigenvalue weighted by Crippen LogP contribution is -2.44. The molecule has 1 aliphatic heterocycles. The smallest absolute Gasteiger partial charge is 0.257 e. The van der Waals surface area contributed by atoms with Gasteiger partial charge >= 0.3 is 0 Å². The highest BCUT2D eigenvalue weighted by Gasteiger charge is 2.36. The van der Waals surface area contributed by atoms with Crippen LogP contribution in [0.5, 0.6) is 0 Å². The summed E-state index contributed by atoms with van der Waals surface area (Å²) >= 11 is 1.40. The van der Waals surface area contributed by atoms with Crippen LogP contribution in [-0.4, -0.2) is 39.2 Å². The molecule has 25 heavy (non-hydrogen) atoms. The Hall–Kier alpha value is -2.03. The standard InChI is InChI=1S/C17H19N3O3S2/c1-19(2)14-10-8-13(9-11-14)17-20(16(21)12-24-17)18-25(22,23)15-6-4-3-5-7-15/h3-11,17-18H,12H2,1-2H3. The van der Waals surface area contributed by atoms with E-state index in [4.69, 9.17) is 0 Å². The molecule has 8 heteroatoms. The number of amides is 1. The molecule has 1 N–H and O–H groups in total. The van der Waals surface area contributed by atoms with Crippen molar-refractivity contribution in [2.24, 2.45) is 0 Å². The molecule has 132 valence electrons. The normalized spacial score (nSPS) is 17.8. The Morgan fingerprint density at radius 3 is 2.32 bits per heavy atom. The second-order valence-corrected chi connectivity index (χ2v) is 8.55. The highest BCUT2D eigenvalue weighted by Crippen LogP contribution is 2.38. The lowest BCUT2D eigenvalue weighted by Gasteiger charge is -2.25. The van der Waals surface area contributed by atoms with Gasteiger partial charge in [-0.3, -0.25) is 4.79 Å². The highest BCUT2D eigenvalue weighted by atomic mass is 32.2. The van der Waals surface area contributed by atoms with Crippen LogP contribution >= 0.6 is 11.8 Å². The first kappa shape index (κ1) is 17.8. The zero-order chi connectivity index (χ0) is 18.0. The third-order valence-corrected chi connectivity index (χ3v) is 6.38. The SMILES string of the molecule is CN(C)c1ccc(C2SCC(=O)N2NS(=O)(=O)c2ccccc2)cc1. The third-order valence-electron chi connectivity index (χ3n) is 3.83. The Balaban J connectivity index is 1.85. The van der Waals surface area contributed by atoms with E-state index in [1.165, 1.54) is 28.9 Å². The van der Waals surface area contributed by atoms with Crippen LogP contribution in [-0.2, 0) is 14.8 Å². The number of hydrogen-bond acceptors (Lipinski definition) is 5. The van der Waals surface area contributed by atoms with Gasteiger partial charge in [0.05, 0.1) is 10.6 Å². The average Bonchev–Trinajstić information content (AvgIpc) is 2.96. The van der Waals surface area contributed by atoms with Crippen LogP contribution in [0, 0.1) is 0 Å². The average molecular weight is 377 g/mol. The zero-order valence-corrected chi connectivity index (χ0v) is 15.5. The summed E-state index contributed by atoms with van der Waals surface area (Å²) in [6, 6.07) is 15.7. The summed E-state index contributed by atoms with van der Waals surface area (Å²) in [5, 5.41) is 0.819. The third kappa shape index (κ3) is 3.81. The van der Waals surface area contributed by atoms with Crippen LogP contribution in [0.3, 0.4) is 0 Å². The van der Waals surface area contributed by atoms with Gasteiger partial charge in [0.1, 0.15) is 5.37 Å². The first-order valence-electron chi connectivity index (χ1n) is 7.67. The molecule has 1 fully saturated rings. The van der Waals surface area contributed by atoms with Crippen molar-refractivity contribution in [1.29, 1.82) is 0 Å². The zero-order valence-electron chi connectivity index (χ0n) is 13.9. The molecule has 1 unspecified atom stereocenters. The molecule has 1 aliphatic rings. The summed E-state index contributed by atoms with van der Waals surface area (Å²) in [6.45, 7) is 0. The minimum absolute atomic E-state index is 0.126. The fourth-order valence-corrected chi connectivity index (χ4v) is 4.75.